The molecule has 0 saturated heterocycles. The highest BCUT2D eigenvalue weighted by atomic mass is 32.2. The van der Waals surface area contributed by atoms with Gasteiger partial charge in [-0.1, -0.05) is 22.4 Å². The van der Waals surface area contributed by atoms with E-state index >= 15 is 0 Å². The van der Waals surface area contributed by atoms with Gasteiger partial charge in [-0.25, -0.2) is 0 Å². The van der Waals surface area contributed by atoms with Crippen molar-refractivity contribution in [2.24, 2.45) is 0 Å². The topological polar surface area (TPSA) is 46.1 Å². The molecule has 0 spiro atoms. The van der Waals surface area contributed by atoms with E-state index in [4.69, 9.17) is 0 Å². The Labute approximate surface area is 62.4 Å². The van der Waals surface area contributed by atoms with Gasteiger partial charge in [0, 0.05) is 6.42 Å². The summed E-state index contributed by atoms with van der Waals surface area (Å²) < 4.78 is 20.9. The third-order valence-electron chi connectivity index (χ3n) is 0.864. The van der Waals surface area contributed by atoms with Gasteiger partial charge < -0.3 is 9.11 Å². The third kappa shape index (κ3) is 8.62. The fourth-order valence-electron chi connectivity index (χ4n) is 0.465. The number of rotatable bonds is 4. The maximum atomic E-state index is 10.4. The highest BCUT2D eigenvalue weighted by Gasteiger charge is 2.00. The van der Waals surface area contributed by atoms with Gasteiger partial charge >= 0.3 is 0 Å². The SMILES string of the molecule is C[S+]([O-])CCC[S+](C)[O-]. The Morgan fingerprint density at radius 1 is 1.00 bits per heavy atom. The standard InChI is InChI=1S/C5H12O2S2/c1-8(6)4-3-5-9(2)7/h3-5H2,1-2H3. The van der Waals surface area contributed by atoms with Crippen molar-refractivity contribution in [1.29, 1.82) is 0 Å². The van der Waals surface area contributed by atoms with Crippen LogP contribution in [0, 0.1) is 0 Å². The van der Waals surface area contributed by atoms with Crippen molar-refractivity contribution in [2.75, 3.05) is 24.0 Å². The Bertz CT molecular complexity index is 58.0. The molecule has 2 atom stereocenters. The zero-order valence-electron chi connectivity index (χ0n) is 5.75. The molecule has 0 fully saturated rings. The largest absolute Gasteiger partial charge is 0.617 e. The van der Waals surface area contributed by atoms with Crippen molar-refractivity contribution < 1.29 is 9.11 Å². The van der Waals surface area contributed by atoms with Crippen LogP contribution < -0.4 is 0 Å². The molecule has 0 aliphatic heterocycles. The first-order valence-corrected chi connectivity index (χ1v) is 6.18. The molecule has 0 amide bonds. The van der Waals surface area contributed by atoms with Crippen LogP contribution in [-0.4, -0.2) is 33.1 Å². The van der Waals surface area contributed by atoms with E-state index in [-0.39, 0.29) is 0 Å². The van der Waals surface area contributed by atoms with E-state index in [1.54, 1.807) is 12.5 Å². The summed E-state index contributed by atoms with van der Waals surface area (Å²) in [5.74, 6) is 1.36. The van der Waals surface area contributed by atoms with E-state index in [1.807, 2.05) is 0 Å². The van der Waals surface area contributed by atoms with Crippen LogP contribution >= 0.6 is 0 Å². The van der Waals surface area contributed by atoms with E-state index in [0.29, 0.717) is 11.5 Å². The fourth-order valence-corrected chi connectivity index (χ4v) is 1.75. The summed E-state index contributed by atoms with van der Waals surface area (Å²) in [5.41, 5.74) is 0. The lowest BCUT2D eigenvalue weighted by atomic mass is 10.6. The highest BCUT2D eigenvalue weighted by Crippen LogP contribution is 1.92. The highest BCUT2D eigenvalue weighted by molar-refractivity contribution is 7.91. The lowest BCUT2D eigenvalue weighted by Gasteiger charge is -2.05. The molecule has 2 unspecified atom stereocenters. The third-order valence-corrected chi connectivity index (χ3v) is 2.59. The van der Waals surface area contributed by atoms with Gasteiger partial charge in [0.15, 0.2) is 0 Å². The summed E-state index contributed by atoms with van der Waals surface area (Å²) in [5, 5.41) is 0. The second-order valence-electron chi connectivity index (χ2n) is 1.91. The smallest absolute Gasteiger partial charge is 0.109 e. The molecule has 0 rings (SSSR count). The summed E-state index contributed by atoms with van der Waals surface area (Å²) >= 11 is -1.43. The molecule has 0 heterocycles. The van der Waals surface area contributed by atoms with Crippen molar-refractivity contribution in [1.82, 2.24) is 0 Å². The molecule has 56 valence electrons. The van der Waals surface area contributed by atoms with Gasteiger partial charge in [-0.05, 0) is 0 Å². The molecule has 0 aliphatic carbocycles. The average Bonchev–Trinajstić information content (AvgIpc) is 1.63. The van der Waals surface area contributed by atoms with Crippen LogP contribution in [0.4, 0.5) is 0 Å². The molecule has 2 nitrogen and oxygen atoms in total. The monoisotopic (exact) mass is 168 g/mol. The lowest BCUT2D eigenvalue weighted by molar-refractivity contribution is 0.594. The Morgan fingerprint density at radius 3 is 1.56 bits per heavy atom. The molecule has 0 bridgehead atoms. The van der Waals surface area contributed by atoms with Gasteiger partial charge in [0.25, 0.3) is 0 Å². The second-order valence-corrected chi connectivity index (χ2v) is 5.02. The van der Waals surface area contributed by atoms with Gasteiger partial charge in [-0.2, -0.15) is 0 Å². The Hall–Kier alpha value is 0.620. The zero-order chi connectivity index (χ0) is 7.28. The number of hydrogen-bond donors (Lipinski definition) is 0. The minimum absolute atomic E-state index is 0.680. The maximum Gasteiger partial charge on any atom is 0.109 e. The van der Waals surface area contributed by atoms with Crippen molar-refractivity contribution in [3.63, 3.8) is 0 Å². The number of hydrogen-bond acceptors (Lipinski definition) is 2. The van der Waals surface area contributed by atoms with Crippen LogP contribution in [0.2, 0.25) is 0 Å². The normalized spacial score (nSPS) is 17.3. The first-order valence-electron chi connectivity index (χ1n) is 2.73. The molecule has 0 aromatic carbocycles. The van der Waals surface area contributed by atoms with Crippen molar-refractivity contribution in [3.05, 3.63) is 0 Å². The molecule has 0 radical (unpaired) electrons. The molecule has 0 aliphatic rings. The van der Waals surface area contributed by atoms with Crippen LogP contribution in [0.15, 0.2) is 0 Å². The van der Waals surface area contributed by atoms with Crippen molar-refractivity contribution >= 4 is 22.4 Å². The van der Waals surface area contributed by atoms with Crippen molar-refractivity contribution in [3.8, 4) is 0 Å². The van der Waals surface area contributed by atoms with Gasteiger partial charge in [0.1, 0.15) is 11.5 Å². The molecule has 9 heavy (non-hydrogen) atoms. The minimum atomic E-state index is -0.716. The fraction of sp³-hybridized carbons (Fsp3) is 1.00. The lowest BCUT2D eigenvalue weighted by Crippen LogP contribution is -2.10. The molecule has 0 saturated carbocycles. The first-order chi connectivity index (χ1) is 4.13. The summed E-state index contributed by atoms with van der Waals surface area (Å²) in [6.45, 7) is 0. The van der Waals surface area contributed by atoms with Crippen LogP contribution in [0.25, 0.3) is 0 Å². The zero-order valence-corrected chi connectivity index (χ0v) is 7.39. The molecule has 4 heteroatoms. The second kappa shape index (κ2) is 5.41. The van der Waals surface area contributed by atoms with E-state index in [1.165, 1.54) is 0 Å². The van der Waals surface area contributed by atoms with Crippen LogP contribution in [0.1, 0.15) is 6.42 Å². The Kier molecular flexibility index (Phi) is 5.78. The van der Waals surface area contributed by atoms with Crippen LogP contribution in [-0.2, 0) is 22.4 Å². The van der Waals surface area contributed by atoms with E-state index < -0.39 is 22.4 Å². The van der Waals surface area contributed by atoms with E-state index in [2.05, 4.69) is 0 Å². The maximum absolute atomic E-state index is 10.4. The summed E-state index contributed by atoms with van der Waals surface area (Å²) in [6, 6.07) is 0. The molecular formula is C5H12O2S2. The predicted octanol–water partition coefficient (Wildman–Crippen LogP) is 0.134. The Morgan fingerprint density at radius 2 is 1.33 bits per heavy atom. The minimum Gasteiger partial charge on any atom is -0.617 e. The summed E-state index contributed by atoms with van der Waals surface area (Å²) in [7, 11) is 0. The molecular weight excluding hydrogens is 156 g/mol. The van der Waals surface area contributed by atoms with Gasteiger partial charge in [-0.15, -0.1) is 0 Å². The van der Waals surface area contributed by atoms with Gasteiger partial charge in [0.05, 0.1) is 12.5 Å². The van der Waals surface area contributed by atoms with Crippen LogP contribution in [0.3, 0.4) is 0 Å². The van der Waals surface area contributed by atoms with E-state index in [0.717, 1.165) is 6.42 Å². The quantitative estimate of drug-likeness (QED) is 0.560. The Balaban J connectivity index is 2.91. The molecule has 0 N–H and O–H groups in total. The first kappa shape index (κ1) is 9.62. The average molecular weight is 168 g/mol. The molecule has 0 aromatic heterocycles. The van der Waals surface area contributed by atoms with Crippen LogP contribution in [0.5, 0.6) is 0 Å². The molecule has 0 aromatic rings. The predicted molar refractivity (Wildman–Crippen MR) is 42.5 cm³/mol. The summed E-state index contributed by atoms with van der Waals surface area (Å²) in [6.07, 6.45) is 4.14. The van der Waals surface area contributed by atoms with Gasteiger partial charge in [0.2, 0.25) is 0 Å². The van der Waals surface area contributed by atoms with Crippen molar-refractivity contribution in [2.45, 2.75) is 6.42 Å². The van der Waals surface area contributed by atoms with E-state index in [9.17, 15) is 9.11 Å². The summed E-state index contributed by atoms with van der Waals surface area (Å²) in [4.78, 5) is 0. The van der Waals surface area contributed by atoms with Gasteiger partial charge in [-0.3, -0.25) is 0 Å².